The van der Waals surface area contributed by atoms with E-state index in [9.17, 15) is 0 Å². The molecule has 0 bridgehead atoms. The van der Waals surface area contributed by atoms with Crippen molar-refractivity contribution in [1.82, 2.24) is 5.32 Å². The van der Waals surface area contributed by atoms with Gasteiger partial charge in [-0.1, -0.05) is 35.2 Å². The topological polar surface area (TPSA) is 12.0 Å². The molecule has 0 radical (unpaired) electrons. The highest BCUT2D eigenvalue weighted by Gasteiger charge is 2.11. The van der Waals surface area contributed by atoms with E-state index in [0.29, 0.717) is 0 Å². The third-order valence-corrected chi connectivity index (χ3v) is 2.83. The van der Waals surface area contributed by atoms with Gasteiger partial charge < -0.3 is 5.32 Å². The highest BCUT2D eigenvalue weighted by molar-refractivity contribution is 9.09. The van der Waals surface area contributed by atoms with Crippen LogP contribution in [-0.4, -0.2) is 18.4 Å². The average Bonchev–Trinajstić information content (AvgIpc) is 2.07. The van der Waals surface area contributed by atoms with Crippen LogP contribution < -0.4 is 5.32 Å². The molecule has 66 valence electrons. The molecule has 1 nitrogen and oxygen atoms in total. The van der Waals surface area contributed by atoms with E-state index in [1.54, 1.807) is 0 Å². The zero-order valence-corrected chi connectivity index (χ0v) is 8.70. The first-order chi connectivity index (χ1) is 5.43. The van der Waals surface area contributed by atoms with Crippen molar-refractivity contribution in [3.8, 4) is 0 Å². The smallest absolute Gasteiger partial charge is 0.0157 e. The molecule has 0 unspecified atom stereocenters. The van der Waals surface area contributed by atoms with Gasteiger partial charge in [-0.15, -0.1) is 0 Å². The Kier molecular flexibility index (Phi) is 5.21. The number of alkyl halides is 1. The lowest BCUT2D eigenvalue weighted by molar-refractivity contribution is 0.345. The van der Waals surface area contributed by atoms with Crippen LogP contribution in [0.2, 0.25) is 0 Å². The number of hydrogen-bond acceptors (Lipinski definition) is 1. The van der Waals surface area contributed by atoms with Crippen LogP contribution in [0.1, 0.15) is 32.1 Å². The van der Waals surface area contributed by atoms with Gasteiger partial charge >= 0.3 is 0 Å². The molecule has 0 heterocycles. The van der Waals surface area contributed by atoms with Gasteiger partial charge in [-0.3, -0.25) is 0 Å². The van der Waals surface area contributed by atoms with Crippen LogP contribution >= 0.6 is 15.9 Å². The van der Waals surface area contributed by atoms with Gasteiger partial charge in [-0.25, -0.2) is 0 Å². The second-order valence-electron chi connectivity index (χ2n) is 3.40. The van der Waals surface area contributed by atoms with E-state index >= 15 is 0 Å². The average molecular weight is 220 g/mol. The Morgan fingerprint density at radius 2 is 1.91 bits per heavy atom. The van der Waals surface area contributed by atoms with E-state index in [-0.39, 0.29) is 0 Å². The molecule has 0 atom stereocenters. The van der Waals surface area contributed by atoms with Gasteiger partial charge in [-0.2, -0.15) is 0 Å². The third-order valence-electron chi connectivity index (χ3n) is 2.43. The minimum atomic E-state index is 0.975. The van der Waals surface area contributed by atoms with Gasteiger partial charge in [0.25, 0.3) is 0 Å². The maximum Gasteiger partial charge on any atom is 0.0157 e. The fourth-order valence-corrected chi connectivity index (χ4v) is 2.04. The Bertz CT molecular complexity index is 89.6. The predicted molar refractivity (Wildman–Crippen MR) is 53.2 cm³/mol. The van der Waals surface area contributed by atoms with Crippen LogP contribution in [0.3, 0.4) is 0 Å². The first kappa shape index (κ1) is 9.53. The summed E-state index contributed by atoms with van der Waals surface area (Å²) in [6, 6.07) is 0. The molecule has 0 saturated heterocycles. The van der Waals surface area contributed by atoms with Crippen molar-refractivity contribution in [2.24, 2.45) is 5.92 Å². The van der Waals surface area contributed by atoms with E-state index in [1.165, 1.54) is 38.6 Å². The van der Waals surface area contributed by atoms with Crippen LogP contribution in [-0.2, 0) is 0 Å². The first-order valence-electron chi connectivity index (χ1n) is 4.70. The molecule has 0 aliphatic heterocycles. The van der Waals surface area contributed by atoms with E-state index in [4.69, 9.17) is 0 Å². The molecule has 11 heavy (non-hydrogen) atoms. The molecule has 1 fully saturated rings. The van der Waals surface area contributed by atoms with Crippen LogP contribution in [0.5, 0.6) is 0 Å². The largest absolute Gasteiger partial charge is 0.316 e. The number of halogens is 1. The van der Waals surface area contributed by atoms with Crippen LogP contribution in [0, 0.1) is 5.92 Å². The monoisotopic (exact) mass is 219 g/mol. The fraction of sp³-hybridized carbons (Fsp3) is 1.00. The van der Waals surface area contributed by atoms with Crippen molar-refractivity contribution in [3.63, 3.8) is 0 Å². The molecule has 0 aromatic heterocycles. The summed E-state index contributed by atoms with van der Waals surface area (Å²) < 4.78 is 0. The maximum absolute atomic E-state index is 3.46. The number of nitrogens with one attached hydrogen (secondary N) is 1. The summed E-state index contributed by atoms with van der Waals surface area (Å²) in [5.41, 5.74) is 0. The van der Waals surface area contributed by atoms with Crippen LogP contribution in [0.4, 0.5) is 0 Å². The summed E-state index contributed by atoms with van der Waals surface area (Å²) in [5, 5.41) is 4.54. The molecule has 2 heteroatoms. The Labute approximate surface area is 78.1 Å². The van der Waals surface area contributed by atoms with Crippen molar-refractivity contribution >= 4 is 15.9 Å². The molecule has 1 saturated carbocycles. The molecule has 0 aromatic carbocycles. The predicted octanol–water partition coefficient (Wildman–Crippen LogP) is 2.55. The van der Waals surface area contributed by atoms with Gasteiger partial charge in [0.05, 0.1) is 0 Å². The lowest BCUT2D eigenvalue weighted by atomic mass is 9.89. The van der Waals surface area contributed by atoms with Crippen molar-refractivity contribution in [2.75, 3.05) is 18.4 Å². The van der Waals surface area contributed by atoms with Crippen molar-refractivity contribution < 1.29 is 0 Å². The van der Waals surface area contributed by atoms with Gasteiger partial charge in [0, 0.05) is 11.9 Å². The van der Waals surface area contributed by atoms with E-state index in [2.05, 4.69) is 21.2 Å². The first-order valence-corrected chi connectivity index (χ1v) is 5.82. The number of rotatable bonds is 4. The minimum Gasteiger partial charge on any atom is -0.316 e. The summed E-state index contributed by atoms with van der Waals surface area (Å²) >= 11 is 3.41. The summed E-state index contributed by atoms with van der Waals surface area (Å²) in [7, 11) is 0. The standard InChI is InChI=1S/C9H18BrN/c10-6-7-11-8-9-4-2-1-3-5-9/h9,11H,1-8H2. The lowest BCUT2D eigenvalue weighted by Gasteiger charge is -2.21. The SMILES string of the molecule is BrCCNCC1CCCCC1. The summed E-state index contributed by atoms with van der Waals surface area (Å²) in [6.07, 6.45) is 7.29. The molecular weight excluding hydrogens is 202 g/mol. The Morgan fingerprint density at radius 3 is 2.55 bits per heavy atom. The fourth-order valence-electron chi connectivity index (χ4n) is 1.76. The molecule has 1 aliphatic carbocycles. The Balaban J connectivity index is 1.96. The van der Waals surface area contributed by atoms with E-state index in [0.717, 1.165) is 17.8 Å². The van der Waals surface area contributed by atoms with Gasteiger partial charge in [0.1, 0.15) is 0 Å². The second-order valence-corrected chi connectivity index (χ2v) is 4.19. The Morgan fingerprint density at radius 1 is 1.18 bits per heavy atom. The second kappa shape index (κ2) is 6.01. The molecule has 0 aromatic rings. The number of hydrogen-bond donors (Lipinski definition) is 1. The van der Waals surface area contributed by atoms with Crippen LogP contribution in [0.25, 0.3) is 0 Å². The Hall–Kier alpha value is 0.440. The van der Waals surface area contributed by atoms with Crippen molar-refractivity contribution in [2.45, 2.75) is 32.1 Å². The van der Waals surface area contributed by atoms with Crippen molar-refractivity contribution in [3.05, 3.63) is 0 Å². The third kappa shape index (κ3) is 4.12. The maximum atomic E-state index is 3.46. The van der Waals surface area contributed by atoms with E-state index < -0.39 is 0 Å². The lowest BCUT2D eigenvalue weighted by Crippen LogP contribution is -2.25. The van der Waals surface area contributed by atoms with Gasteiger partial charge in [-0.05, 0) is 25.3 Å². The highest BCUT2D eigenvalue weighted by atomic mass is 79.9. The highest BCUT2D eigenvalue weighted by Crippen LogP contribution is 2.22. The van der Waals surface area contributed by atoms with Gasteiger partial charge in [0.2, 0.25) is 0 Å². The molecule has 0 amide bonds. The molecule has 1 rings (SSSR count). The quantitative estimate of drug-likeness (QED) is 0.567. The van der Waals surface area contributed by atoms with Crippen LogP contribution in [0.15, 0.2) is 0 Å². The minimum absolute atomic E-state index is 0.975. The summed E-state index contributed by atoms with van der Waals surface area (Å²) in [6.45, 7) is 2.36. The zero-order valence-electron chi connectivity index (χ0n) is 7.11. The normalized spacial score (nSPS) is 20.5. The van der Waals surface area contributed by atoms with Crippen molar-refractivity contribution in [1.29, 1.82) is 0 Å². The molecule has 1 N–H and O–H groups in total. The summed E-state index contributed by atoms with van der Waals surface area (Å²) in [4.78, 5) is 0. The van der Waals surface area contributed by atoms with E-state index in [1.807, 2.05) is 0 Å². The molecular formula is C9H18BrN. The van der Waals surface area contributed by atoms with Gasteiger partial charge in [0.15, 0.2) is 0 Å². The molecule has 0 spiro atoms. The summed E-state index contributed by atoms with van der Waals surface area (Å²) in [5.74, 6) is 0.975. The zero-order chi connectivity index (χ0) is 7.94. The molecule has 1 aliphatic rings.